The molecule has 6 heteroatoms. The third kappa shape index (κ3) is 5.28. The summed E-state index contributed by atoms with van der Waals surface area (Å²) in [7, 11) is 1.48. The molecule has 2 fully saturated rings. The van der Waals surface area contributed by atoms with Crippen molar-refractivity contribution in [2.24, 2.45) is 17.8 Å². The Hall–Kier alpha value is -3.51. The lowest BCUT2D eigenvalue weighted by atomic mass is 9.84. The number of likely N-dealkylation sites (tertiary alicyclic amines) is 1. The summed E-state index contributed by atoms with van der Waals surface area (Å²) in [5.41, 5.74) is 2.17. The molecule has 1 saturated heterocycles. The Morgan fingerprint density at radius 2 is 1.63 bits per heavy atom. The van der Waals surface area contributed by atoms with Crippen molar-refractivity contribution in [1.29, 1.82) is 0 Å². The molecule has 2 unspecified atom stereocenters. The molecule has 1 N–H and O–H groups in total. The van der Waals surface area contributed by atoms with Crippen molar-refractivity contribution in [3.05, 3.63) is 84.4 Å². The predicted octanol–water partition coefficient (Wildman–Crippen LogP) is 5.56. The van der Waals surface area contributed by atoms with Gasteiger partial charge in [0.2, 0.25) is 0 Å². The van der Waals surface area contributed by atoms with E-state index in [9.17, 15) is 9.90 Å². The van der Waals surface area contributed by atoms with Crippen LogP contribution in [0.15, 0.2) is 78.9 Å². The molecule has 182 valence electrons. The second kappa shape index (κ2) is 10.4. The van der Waals surface area contributed by atoms with Gasteiger partial charge in [-0.3, -0.25) is 9.80 Å². The number of nitrogens with zero attached hydrogens (tertiary/aromatic N) is 2. The van der Waals surface area contributed by atoms with Crippen molar-refractivity contribution in [3.8, 4) is 17.2 Å². The van der Waals surface area contributed by atoms with Gasteiger partial charge in [0.25, 0.3) is 0 Å². The third-order valence-corrected chi connectivity index (χ3v) is 7.39. The predicted molar refractivity (Wildman–Crippen MR) is 136 cm³/mol. The van der Waals surface area contributed by atoms with Crippen LogP contribution in [0.25, 0.3) is 0 Å². The highest BCUT2D eigenvalue weighted by atomic mass is 16.6. The molecule has 1 aliphatic carbocycles. The summed E-state index contributed by atoms with van der Waals surface area (Å²) in [6, 6.07) is 25.0. The van der Waals surface area contributed by atoms with Crippen molar-refractivity contribution < 1.29 is 19.4 Å². The van der Waals surface area contributed by atoms with Crippen molar-refractivity contribution in [3.63, 3.8) is 0 Å². The second-order valence-electron chi connectivity index (χ2n) is 9.59. The summed E-state index contributed by atoms with van der Waals surface area (Å²) in [5.74, 6) is 2.10. The van der Waals surface area contributed by atoms with E-state index in [1.54, 1.807) is 17.0 Å². The van der Waals surface area contributed by atoms with Gasteiger partial charge in [-0.05, 0) is 60.4 Å². The lowest BCUT2D eigenvalue weighted by Crippen LogP contribution is -2.47. The summed E-state index contributed by atoms with van der Waals surface area (Å²) in [5, 5.41) is 10.1. The highest BCUT2D eigenvalue weighted by molar-refractivity contribution is 5.89. The normalized spacial score (nSPS) is 21.5. The molecule has 0 aromatic heterocycles. The molecule has 0 spiro atoms. The van der Waals surface area contributed by atoms with Crippen LogP contribution in [0.3, 0.4) is 0 Å². The van der Waals surface area contributed by atoms with E-state index in [2.05, 4.69) is 35.2 Å². The number of benzene rings is 3. The molecule has 0 radical (unpaired) electrons. The highest BCUT2D eigenvalue weighted by Crippen LogP contribution is 2.43. The quantitative estimate of drug-likeness (QED) is 0.488. The lowest BCUT2D eigenvalue weighted by Gasteiger charge is -2.40. The van der Waals surface area contributed by atoms with Crippen LogP contribution in [0, 0.1) is 17.8 Å². The zero-order valence-electron chi connectivity index (χ0n) is 20.0. The zero-order chi connectivity index (χ0) is 24.2. The van der Waals surface area contributed by atoms with Crippen LogP contribution >= 0.6 is 0 Å². The smallest absolute Gasteiger partial charge is 0.419 e. The molecule has 2 aliphatic rings. The number of rotatable bonds is 7. The average molecular weight is 473 g/mol. The number of ether oxygens (including phenoxy) is 2. The van der Waals surface area contributed by atoms with Crippen molar-refractivity contribution in [2.75, 3.05) is 31.6 Å². The number of methoxy groups -OCH3 is 1. The Morgan fingerprint density at radius 3 is 2.26 bits per heavy atom. The second-order valence-corrected chi connectivity index (χ2v) is 9.59. The van der Waals surface area contributed by atoms with E-state index in [1.807, 2.05) is 30.3 Å². The average Bonchev–Trinajstić information content (AvgIpc) is 3.10. The van der Waals surface area contributed by atoms with E-state index in [-0.39, 0.29) is 11.5 Å². The van der Waals surface area contributed by atoms with Crippen molar-refractivity contribution >= 4 is 11.8 Å². The largest absolute Gasteiger partial charge is 0.504 e. The summed E-state index contributed by atoms with van der Waals surface area (Å²) in [4.78, 5) is 17.7. The van der Waals surface area contributed by atoms with Crippen LogP contribution in [0.4, 0.5) is 10.5 Å². The highest BCUT2D eigenvalue weighted by Gasteiger charge is 2.43. The number of piperidine rings is 1. The SMILES string of the molecule is COc1ccc(OC(=O)N(CC2C3CCC2CN(Cc2ccccc2)C3)c2ccccc2)cc1O. The fourth-order valence-corrected chi connectivity index (χ4v) is 5.69. The summed E-state index contributed by atoms with van der Waals surface area (Å²) in [6.07, 6.45) is 1.96. The van der Waals surface area contributed by atoms with Gasteiger partial charge in [0, 0.05) is 37.9 Å². The van der Waals surface area contributed by atoms with Gasteiger partial charge >= 0.3 is 6.09 Å². The number of carbonyl (C=O) groups is 1. The van der Waals surface area contributed by atoms with Gasteiger partial charge in [0.1, 0.15) is 5.75 Å². The van der Waals surface area contributed by atoms with Crippen LogP contribution in [0.1, 0.15) is 18.4 Å². The number of carbonyl (C=O) groups excluding carboxylic acids is 1. The van der Waals surface area contributed by atoms with Gasteiger partial charge in [0.15, 0.2) is 11.5 Å². The number of amides is 1. The maximum absolute atomic E-state index is 13.4. The van der Waals surface area contributed by atoms with E-state index < -0.39 is 6.09 Å². The number of hydrogen-bond acceptors (Lipinski definition) is 5. The minimum atomic E-state index is -0.438. The van der Waals surface area contributed by atoms with Crippen LogP contribution in [-0.2, 0) is 6.54 Å². The topological polar surface area (TPSA) is 62.2 Å². The molecule has 5 rings (SSSR count). The first kappa shape index (κ1) is 23.2. The number of anilines is 1. The molecule has 3 aromatic carbocycles. The van der Waals surface area contributed by atoms with Crippen LogP contribution in [0.2, 0.25) is 0 Å². The molecule has 1 amide bonds. The van der Waals surface area contributed by atoms with Crippen LogP contribution in [0.5, 0.6) is 17.2 Å². The minimum Gasteiger partial charge on any atom is -0.504 e. The van der Waals surface area contributed by atoms with Crippen molar-refractivity contribution in [2.45, 2.75) is 19.4 Å². The Kier molecular flexibility index (Phi) is 6.91. The van der Waals surface area contributed by atoms with Gasteiger partial charge < -0.3 is 14.6 Å². The maximum atomic E-state index is 13.4. The van der Waals surface area contributed by atoms with Crippen LogP contribution < -0.4 is 14.4 Å². The number of phenolic OH excluding ortho intramolecular Hbond substituents is 1. The molecule has 1 heterocycles. The van der Waals surface area contributed by atoms with Crippen molar-refractivity contribution in [1.82, 2.24) is 4.90 Å². The lowest BCUT2D eigenvalue weighted by molar-refractivity contribution is 0.105. The number of hydrogen-bond donors (Lipinski definition) is 1. The Labute approximate surface area is 206 Å². The fraction of sp³-hybridized carbons (Fsp3) is 0.345. The molecule has 6 nitrogen and oxygen atoms in total. The van der Waals surface area contributed by atoms with E-state index in [0.29, 0.717) is 30.0 Å². The monoisotopic (exact) mass is 472 g/mol. The Bertz CT molecular complexity index is 1120. The molecule has 2 bridgehead atoms. The van der Waals surface area contributed by atoms with Crippen LogP contribution in [-0.4, -0.2) is 42.8 Å². The van der Waals surface area contributed by atoms with Gasteiger partial charge in [-0.2, -0.15) is 0 Å². The van der Waals surface area contributed by atoms with Gasteiger partial charge in [-0.1, -0.05) is 48.5 Å². The third-order valence-electron chi connectivity index (χ3n) is 7.39. The molecular weight excluding hydrogens is 440 g/mol. The number of phenols is 1. The molecule has 2 atom stereocenters. The summed E-state index contributed by atoms with van der Waals surface area (Å²) < 4.78 is 10.8. The first-order valence-electron chi connectivity index (χ1n) is 12.3. The van der Waals surface area contributed by atoms with E-state index in [1.165, 1.54) is 31.6 Å². The Balaban J connectivity index is 1.30. The standard InChI is InChI=1S/C29H32N2O4/c1-34-28-15-14-25(16-27(28)32)35-29(33)31(24-10-6-3-7-11-24)20-26-22-12-13-23(26)19-30(18-22)17-21-8-4-2-5-9-21/h2-11,14-16,22-23,26,32H,12-13,17-20H2,1H3. The first-order chi connectivity index (χ1) is 17.1. The molecule has 1 aliphatic heterocycles. The van der Waals surface area contributed by atoms with E-state index >= 15 is 0 Å². The summed E-state index contributed by atoms with van der Waals surface area (Å²) in [6.45, 7) is 3.71. The fourth-order valence-electron chi connectivity index (χ4n) is 5.69. The Morgan fingerprint density at radius 1 is 0.971 bits per heavy atom. The maximum Gasteiger partial charge on any atom is 0.419 e. The number of fused-ring (bicyclic) bond motifs is 2. The van der Waals surface area contributed by atoms with Gasteiger partial charge in [-0.15, -0.1) is 0 Å². The van der Waals surface area contributed by atoms with E-state index in [4.69, 9.17) is 9.47 Å². The molecule has 3 aromatic rings. The van der Waals surface area contributed by atoms with E-state index in [0.717, 1.165) is 25.3 Å². The number of para-hydroxylation sites is 1. The minimum absolute atomic E-state index is 0.0621. The summed E-state index contributed by atoms with van der Waals surface area (Å²) >= 11 is 0. The first-order valence-corrected chi connectivity index (χ1v) is 12.3. The van der Waals surface area contributed by atoms with Gasteiger partial charge in [0.05, 0.1) is 7.11 Å². The zero-order valence-corrected chi connectivity index (χ0v) is 20.0. The number of aromatic hydroxyl groups is 1. The molecule has 35 heavy (non-hydrogen) atoms. The molecule has 1 saturated carbocycles. The molecular formula is C29H32N2O4. The van der Waals surface area contributed by atoms with Gasteiger partial charge in [-0.25, -0.2) is 4.79 Å².